The predicted octanol–water partition coefficient (Wildman–Crippen LogP) is 5.18. The van der Waals surface area contributed by atoms with Gasteiger partial charge in [0.15, 0.2) is 0 Å². The highest BCUT2D eigenvalue weighted by Crippen LogP contribution is 2.30. The fourth-order valence-electron chi connectivity index (χ4n) is 3.05. The molecular weight excluding hydrogens is 258 g/mol. The highest BCUT2D eigenvalue weighted by atomic mass is 16.5. The van der Waals surface area contributed by atoms with Gasteiger partial charge in [-0.3, -0.25) is 0 Å². The Balaban J connectivity index is 2.28. The Bertz CT molecular complexity index is 596. The van der Waals surface area contributed by atoms with Crippen molar-refractivity contribution >= 4 is 5.69 Å². The average molecular weight is 283 g/mol. The van der Waals surface area contributed by atoms with E-state index in [4.69, 9.17) is 4.74 Å². The van der Waals surface area contributed by atoms with E-state index < -0.39 is 0 Å². The predicted molar refractivity (Wildman–Crippen MR) is 90.3 cm³/mol. The fraction of sp³-hybridized carbons (Fsp3) is 0.368. The molecule has 0 aliphatic carbocycles. The number of para-hydroxylation sites is 2. The van der Waals surface area contributed by atoms with Crippen LogP contribution in [0.1, 0.15) is 42.1 Å². The Hall–Kier alpha value is -1.96. The quantitative estimate of drug-likeness (QED) is 0.816. The number of nitrogens with one attached hydrogen (secondary N) is 1. The van der Waals surface area contributed by atoms with Gasteiger partial charge >= 0.3 is 0 Å². The monoisotopic (exact) mass is 283 g/mol. The molecule has 0 bridgehead atoms. The molecule has 1 unspecified atom stereocenters. The second-order valence-corrected chi connectivity index (χ2v) is 5.61. The van der Waals surface area contributed by atoms with Crippen LogP contribution in [0.2, 0.25) is 0 Å². The molecule has 0 saturated heterocycles. The normalized spacial score (nSPS) is 12.0. The molecule has 1 N–H and O–H groups in total. The lowest BCUT2D eigenvalue weighted by Crippen LogP contribution is -2.11. The third-order valence-corrected chi connectivity index (χ3v) is 3.73. The van der Waals surface area contributed by atoms with Gasteiger partial charge < -0.3 is 10.1 Å². The summed E-state index contributed by atoms with van der Waals surface area (Å²) in [6.07, 6.45) is 0. The van der Waals surface area contributed by atoms with Gasteiger partial charge in [0.05, 0.1) is 12.3 Å². The molecule has 0 aliphatic heterocycles. The van der Waals surface area contributed by atoms with E-state index in [-0.39, 0.29) is 6.04 Å². The highest BCUT2D eigenvalue weighted by Gasteiger charge is 2.13. The fourth-order valence-corrected chi connectivity index (χ4v) is 3.05. The van der Waals surface area contributed by atoms with Crippen LogP contribution in [-0.2, 0) is 0 Å². The number of rotatable bonds is 5. The highest BCUT2D eigenvalue weighted by molar-refractivity contribution is 5.58. The maximum absolute atomic E-state index is 5.69. The lowest BCUT2D eigenvalue weighted by atomic mass is 9.94. The molecule has 2 heteroatoms. The van der Waals surface area contributed by atoms with Gasteiger partial charge in [-0.2, -0.15) is 0 Å². The van der Waals surface area contributed by atoms with Gasteiger partial charge in [0.2, 0.25) is 0 Å². The van der Waals surface area contributed by atoms with Crippen molar-refractivity contribution in [2.24, 2.45) is 0 Å². The summed E-state index contributed by atoms with van der Waals surface area (Å²) < 4.78 is 5.69. The molecule has 0 saturated carbocycles. The van der Waals surface area contributed by atoms with Crippen LogP contribution in [-0.4, -0.2) is 6.61 Å². The van der Waals surface area contributed by atoms with Crippen LogP contribution in [0, 0.1) is 20.8 Å². The Morgan fingerprint density at radius 2 is 1.67 bits per heavy atom. The molecule has 2 aromatic carbocycles. The maximum atomic E-state index is 5.69. The number of aryl methyl sites for hydroxylation is 3. The van der Waals surface area contributed by atoms with Crippen LogP contribution in [0.5, 0.6) is 5.75 Å². The zero-order valence-corrected chi connectivity index (χ0v) is 13.7. The van der Waals surface area contributed by atoms with Crippen LogP contribution >= 0.6 is 0 Å². The van der Waals surface area contributed by atoms with Gasteiger partial charge in [-0.15, -0.1) is 0 Å². The molecule has 0 radical (unpaired) electrons. The number of hydrogen-bond donors (Lipinski definition) is 1. The second kappa shape index (κ2) is 6.66. The summed E-state index contributed by atoms with van der Waals surface area (Å²) in [5.74, 6) is 0.911. The van der Waals surface area contributed by atoms with Crippen molar-refractivity contribution in [3.8, 4) is 5.75 Å². The Kier molecular flexibility index (Phi) is 4.89. The van der Waals surface area contributed by atoms with Crippen molar-refractivity contribution in [1.29, 1.82) is 0 Å². The average Bonchev–Trinajstić information content (AvgIpc) is 2.40. The number of anilines is 1. The van der Waals surface area contributed by atoms with Gasteiger partial charge in [-0.1, -0.05) is 29.8 Å². The minimum atomic E-state index is 0.243. The molecule has 112 valence electrons. The summed E-state index contributed by atoms with van der Waals surface area (Å²) in [6, 6.07) is 12.8. The largest absolute Gasteiger partial charge is 0.492 e. The topological polar surface area (TPSA) is 21.3 Å². The van der Waals surface area contributed by atoms with Crippen molar-refractivity contribution in [2.75, 3.05) is 11.9 Å². The minimum absolute atomic E-state index is 0.243. The van der Waals surface area contributed by atoms with E-state index in [2.05, 4.69) is 51.2 Å². The van der Waals surface area contributed by atoms with Crippen molar-refractivity contribution in [2.45, 2.75) is 40.7 Å². The third kappa shape index (κ3) is 3.57. The zero-order valence-electron chi connectivity index (χ0n) is 13.7. The van der Waals surface area contributed by atoms with E-state index >= 15 is 0 Å². The summed E-state index contributed by atoms with van der Waals surface area (Å²) in [5, 5.41) is 3.59. The van der Waals surface area contributed by atoms with Gasteiger partial charge in [-0.05, 0) is 63.4 Å². The first-order valence-electron chi connectivity index (χ1n) is 7.59. The van der Waals surface area contributed by atoms with E-state index in [1.807, 2.05) is 25.1 Å². The Morgan fingerprint density at radius 3 is 2.29 bits per heavy atom. The standard InChI is InChI=1S/C19H25NO/c1-6-21-18-10-8-7-9-17(18)20-16(5)19-14(3)11-13(2)12-15(19)4/h7-12,16,20H,6H2,1-5H3. The Morgan fingerprint density at radius 1 is 1.05 bits per heavy atom. The van der Waals surface area contributed by atoms with E-state index in [1.54, 1.807) is 0 Å². The first-order valence-corrected chi connectivity index (χ1v) is 7.59. The number of ether oxygens (including phenoxy) is 1. The third-order valence-electron chi connectivity index (χ3n) is 3.73. The summed E-state index contributed by atoms with van der Waals surface area (Å²) >= 11 is 0. The second-order valence-electron chi connectivity index (χ2n) is 5.61. The summed E-state index contributed by atoms with van der Waals surface area (Å²) in [7, 11) is 0. The first kappa shape index (κ1) is 15.4. The molecule has 21 heavy (non-hydrogen) atoms. The molecule has 0 heterocycles. The molecule has 0 spiro atoms. The maximum Gasteiger partial charge on any atom is 0.142 e. The SMILES string of the molecule is CCOc1ccccc1NC(C)c1c(C)cc(C)cc1C. The van der Waals surface area contributed by atoms with Gasteiger partial charge in [0.25, 0.3) is 0 Å². The van der Waals surface area contributed by atoms with Crippen molar-refractivity contribution in [3.05, 3.63) is 58.7 Å². The van der Waals surface area contributed by atoms with Crippen LogP contribution in [0.25, 0.3) is 0 Å². The van der Waals surface area contributed by atoms with Crippen LogP contribution in [0.3, 0.4) is 0 Å². The number of hydrogen-bond acceptors (Lipinski definition) is 2. The molecule has 1 atom stereocenters. The summed E-state index contributed by atoms with van der Waals surface area (Å²) in [4.78, 5) is 0. The van der Waals surface area contributed by atoms with E-state index in [9.17, 15) is 0 Å². The molecule has 0 fully saturated rings. The smallest absolute Gasteiger partial charge is 0.142 e. The van der Waals surface area contributed by atoms with Crippen LogP contribution in [0.15, 0.2) is 36.4 Å². The van der Waals surface area contributed by atoms with Crippen molar-refractivity contribution in [3.63, 3.8) is 0 Å². The molecular formula is C19H25NO. The molecule has 2 aromatic rings. The Labute approximate surface area is 128 Å². The van der Waals surface area contributed by atoms with Gasteiger partial charge in [-0.25, -0.2) is 0 Å². The number of benzene rings is 2. The molecule has 2 nitrogen and oxygen atoms in total. The molecule has 0 amide bonds. The molecule has 0 aliphatic rings. The zero-order chi connectivity index (χ0) is 15.4. The lowest BCUT2D eigenvalue weighted by Gasteiger charge is -2.22. The summed E-state index contributed by atoms with van der Waals surface area (Å²) in [6.45, 7) is 11.4. The van der Waals surface area contributed by atoms with Crippen LogP contribution in [0.4, 0.5) is 5.69 Å². The van der Waals surface area contributed by atoms with E-state index in [0.29, 0.717) is 6.61 Å². The van der Waals surface area contributed by atoms with E-state index in [0.717, 1.165) is 11.4 Å². The lowest BCUT2D eigenvalue weighted by molar-refractivity contribution is 0.341. The van der Waals surface area contributed by atoms with E-state index in [1.165, 1.54) is 22.3 Å². The van der Waals surface area contributed by atoms with Crippen molar-refractivity contribution < 1.29 is 4.74 Å². The van der Waals surface area contributed by atoms with Gasteiger partial charge in [0.1, 0.15) is 5.75 Å². The van der Waals surface area contributed by atoms with Gasteiger partial charge in [0, 0.05) is 6.04 Å². The molecule has 0 aromatic heterocycles. The first-order chi connectivity index (χ1) is 10.0. The minimum Gasteiger partial charge on any atom is -0.492 e. The molecule has 2 rings (SSSR count). The van der Waals surface area contributed by atoms with Crippen LogP contribution < -0.4 is 10.1 Å². The van der Waals surface area contributed by atoms with Crippen molar-refractivity contribution in [1.82, 2.24) is 0 Å². The summed E-state index contributed by atoms with van der Waals surface area (Å²) in [5.41, 5.74) is 6.40.